The lowest BCUT2D eigenvalue weighted by Gasteiger charge is -2.37. The van der Waals surface area contributed by atoms with Crippen LogP contribution in [0.2, 0.25) is 0 Å². The molecule has 0 aromatic carbocycles. The first-order valence-corrected chi connectivity index (χ1v) is 7.10. The van der Waals surface area contributed by atoms with Crippen LogP contribution in [0.25, 0.3) is 0 Å². The van der Waals surface area contributed by atoms with E-state index in [-0.39, 0.29) is 0 Å². The fraction of sp³-hybridized carbons (Fsp3) is 1.00. The highest BCUT2D eigenvalue weighted by Crippen LogP contribution is 2.33. The molecule has 1 aliphatic rings. The lowest BCUT2D eigenvalue weighted by molar-refractivity contribution is 0.0229. The predicted octanol–water partition coefficient (Wildman–Crippen LogP) is 2.03. The first-order valence-electron chi connectivity index (χ1n) is 7.10. The van der Waals surface area contributed by atoms with Gasteiger partial charge in [0.1, 0.15) is 0 Å². The van der Waals surface area contributed by atoms with E-state index in [1.165, 1.54) is 25.7 Å². The Bertz CT molecular complexity index is 189. The van der Waals surface area contributed by atoms with Crippen molar-refractivity contribution in [1.29, 1.82) is 0 Å². The molecular weight excluding hydrogens is 212 g/mol. The normalized spacial score (nSPS) is 18.5. The second-order valence-electron chi connectivity index (χ2n) is 5.86. The number of ether oxygens (including phenoxy) is 1. The molecule has 2 N–H and O–H groups in total. The topological polar surface area (TPSA) is 33.3 Å². The highest BCUT2D eigenvalue weighted by atomic mass is 16.5. The number of hydrogen-bond acceptors (Lipinski definition) is 3. The Balaban J connectivity index is 2.10. The molecule has 1 aliphatic heterocycles. The van der Waals surface area contributed by atoms with Crippen LogP contribution in [-0.2, 0) is 4.74 Å². The van der Waals surface area contributed by atoms with Crippen molar-refractivity contribution in [2.24, 2.45) is 11.3 Å². The summed E-state index contributed by atoms with van der Waals surface area (Å²) in [6, 6.07) is 0. The third-order valence-electron chi connectivity index (χ3n) is 3.94. The van der Waals surface area contributed by atoms with E-state index >= 15 is 0 Å². The van der Waals surface area contributed by atoms with Gasteiger partial charge in [0.15, 0.2) is 0 Å². The predicted molar refractivity (Wildman–Crippen MR) is 73.4 cm³/mol. The van der Waals surface area contributed by atoms with Crippen LogP contribution in [0.15, 0.2) is 0 Å². The Hall–Kier alpha value is -0.120. The molecule has 0 bridgehead atoms. The lowest BCUT2D eigenvalue weighted by atomic mass is 9.74. The zero-order valence-electron chi connectivity index (χ0n) is 11.8. The summed E-state index contributed by atoms with van der Waals surface area (Å²) in [5.74, 6) is 0.820. The molecule has 1 fully saturated rings. The van der Waals surface area contributed by atoms with E-state index in [1.54, 1.807) is 0 Å². The Morgan fingerprint density at radius 2 is 1.76 bits per heavy atom. The Labute approximate surface area is 107 Å². The van der Waals surface area contributed by atoms with Gasteiger partial charge in [-0.1, -0.05) is 13.8 Å². The van der Waals surface area contributed by atoms with Crippen LogP contribution in [-0.4, -0.2) is 39.9 Å². The van der Waals surface area contributed by atoms with Crippen molar-refractivity contribution in [3.63, 3.8) is 0 Å². The molecule has 0 atom stereocenters. The molecule has 1 saturated heterocycles. The first-order chi connectivity index (χ1) is 8.17. The van der Waals surface area contributed by atoms with Gasteiger partial charge in [-0.25, -0.2) is 0 Å². The molecule has 0 unspecified atom stereocenters. The SMILES string of the molecule is CNCCCCNCC(C)(C)C1CCOCC1. The standard InChI is InChI=1S/C14H30N2O/c1-14(2,13-6-10-17-11-7-13)12-16-9-5-4-8-15-3/h13,15-16H,4-12H2,1-3H3. The van der Waals surface area contributed by atoms with E-state index in [9.17, 15) is 0 Å². The maximum atomic E-state index is 5.44. The summed E-state index contributed by atoms with van der Waals surface area (Å²) in [6.07, 6.45) is 4.99. The molecular formula is C14H30N2O. The third-order valence-corrected chi connectivity index (χ3v) is 3.94. The first kappa shape index (κ1) is 14.9. The summed E-state index contributed by atoms with van der Waals surface area (Å²) in [7, 11) is 2.02. The molecule has 0 radical (unpaired) electrons. The maximum absolute atomic E-state index is 5.44. The number of nitrogens with one attached hydrogen (secondary N) is 2. The van der Waals surface area contributed by atoms with Crippen molar-refractivity contribution < 1.29 is 4.74 Å². The van der Waals surface area contributed by atoms with Crippen LogP contribution >= 0.6 is 0 Å². The number of rotatable bonds is 8. The summed E-state index contributed by atoms with van der Waals surface area (Å²) < 4.78 is 5.44. The molecule has 3 nitrogen and oxygen atoms in total. The quantitative estimate of drug-likeness (QED) is 0.639. The second kappa shape index (κ2) is 8.06. The zero-order chi connectivity index (χ0) is 12.6. The van der Waals surface area contributed by atoms with Gasteiger partial charge in [-0.2, -0.15) is 0 Å². The summed E-state index contributed by atoms with van der Waals surface area (Å²) >= 11 is 0. The van der Waals surface area contributed by atoms with Crippen molar-refractivity contribution in [3.8, 4) is 0 Å². The Morgan fingerprint density at radius 1 is 1.12 bits per heavy atom. The summed E-state index contributed by atoms with van der Waals surface area (Å²) in [4.78, 5) is 0. The summed E-state index contributed by atoms with van der Waals surface area (Å²) in [5, 5.41) is 6.80. The van der Waals surface area contributed by atoms with Gasteiger partial charge in [0, 0.05) is 19.8 Å². The Morgan fingerprint density at radius 3 is 2.41 bits per heavy atom. The highest BCUT2D eigenvalue weighted by molar-refractivity contribution is 4.82. The van der Waals surface area contributed by atoms with E-state index in [4.69, 9.17) is 4.74 Å². The van der Waals surface area contributed by atoms with Crippen LogP contribution in [0.3, 0.4) is 0 Å². The molecule has 17 heavy (non-hydrogen) atoms. The van der Waals surface area contributed by atoms with Crippen LogP contribution in [0, 0.1) is 11.3 Å². The van der Waals surface area contributed by atoms with Crippen molar-refractivity contribution in [1.82, 2.24) is 10.6 Å². The van der Waals surface area contributed by atoms with Crippen molar-refractivity contribution in [2.75, 3.05) is 39.9 Å². The minimum Gasteiger partial charge on any atom is -0.381 e. The van der Waals surface area contributed by atoms with Gasteiger partial charge in [-0.15, -0.1) is 0 Å². The summed E-state index contributed by atoms with van der Waals surface area (Å²) in [6.45, 7) is 10.1. The van der Waals surface area contributed by atoms with E-state index < -0.39 is 0 Å². The minimum atomic E-state index is 0.410. The van der Waals surface area contributed by atoms with E-state index in [2.05, 4.69) is 24.5 Å². The molecule has 1 heterocycles. The molecule has 0 saturated carbocycles. The Kier molecular flexibility index (Phi) is 7.09. The highest BCUT2D eigenvalue weighted by Gasteiger charge is 2.30. The molecule has 102 valence electrons. The average Bonchev–Trinajstić information content (AvgIpc) is 2.35. The van der Waals surface area contributed by atoms with Crippen molar-refractivity contribution in [2.45, 2.75) is 39.5 Å². The minimum absolute atomic E-state index is 0.410. The van der Waals surface area contributed by atoms with Gasteiger partial charge in [-0.05, 0) is 57.2 Å². The molecule has 3 heteroatoms. The van der Waals surface area contributed by atoms with Gasteiger partial charge < -0.3 is 15.4 Å². The average molecular weight is 242 g/mol. The molecule has 0 aromatic heterocycles. The van der Waals surface area contributed by atoms with Gasteiger partial charge in [0.05, 0.1) is 0 Å². The van der Waals surface area contributed by atoms with Gasteiger partial charge in [0.2, 0.25) is 0 Å². The van der Waals surface area contributed by atoms with Crippen LogP contribution in [0.1, 0.15) is 39.5 Å². The zero-order valence-corrected chi connectivity index (χ0v) is 11.8. The van der Waals surface area contributed by atoms with Gasteiger partial charge in [-0.3, -0.25) is 0 Å². The number of hydrogen-bond donors (Lipinski definition) is 2. The van der Waals surface area contributed by atoms with E-state index in [0.29, 0.717) is 5.41 Å². The monoisotopic (exact) mass is 242 g/mol. The lowest BCUT2D eigenvalue weighted by Crippen LogP contribution is -2.38. The maximum Gasteiger partial charge on any atom is 0.0468 e. The van der Waals surface area contributed by atoms with Crippen LogP contribution < -0.4 is 10.6 Å². The fourth-order valence-electron chi connectivity index (χ4n) is 2.59. The third kappa shape index (κ3) is 5.84. The smallest absolute Gasteiger partial charge is 0.0468 e. The second-order valence-corrected chi connectivity index (χ2v) is 5.86. The molecule has 0 aliphatic carbocycles. The van der Waals surface area contributed by atoms with Gasteiger partial charge >= 0.3 is 0 Å². The fourth-order valence-corrected chi connectivity index (χ4v) is 2.59. The van der Waals surface area contributed by atoms with Crippen molar-refractivity contribution in [3.05, 3.63) is 0 Å². The van der Waals surface area contributed by atoms with Crippen molar-refractivity contribution >= 4 is 0 Å². The van der Waals surface area contributed by atoms with Crippen LogP contribution in [0.4, 0.5) is 0 Å². The molecule has 0 spiro atoms. The molecule has 1 rings (SSSR count). The largest absolute Gasteiger partial charge is 0.381 e. The number of unbranched alkanes of at least 4 members (excludes halogenated alkanes) is 1. The molecule has 0 amide bonds. The molecule has 0 aromatic rings. The van der Waals surface area contributed by atoms with E-state index in [1.807, 2.05) is 7.05 Å². The van der Waals surface area contributed by atoms with Gasteiger partial charge in [0.25, 0.3) is 0 Å². The van der Waals surface area contributed by atoms with E-state index in [0.717, 1.165) is 38.8 Å². The van der Waals surface area contributed by atoms with Crippen LogP contribution in [0.5, 0.6) is 0 Å². The summed E-state index contributed by atoms with van der Waals surface area (Å²) in [5.41, 5.74) is 0.410.